The van der Waals surface area contributed by atoms with Crippen LogP contribution in [0.15, 0.2) is 0 Å². The van der Waals surface area contributed by atoms with Crippen LogP contribution in [-0.4, -0.2) is 42.1 Å². The Morgan fingerprint density at radius 2 is 1.82 bits per heavy atom. The lowest BCUT2D eigenvalue weighted by atomic mass is 10.3. The lowest BCUT2D eigenvalue weighted by molar-refractivity contribution is 0.405. The number of nitrogens with zero attached hydrogens (tertiary/aromatic N) is 3. The molecule has 6 heteroatoms. The number of hydrogen-bond donors (Lipinski definition) is 3. The average molecular weight is 238 g/mol. The number of hydrogen-bond acceptors (Lipinski definition) is 6. The summed E-state index contributed by atoms with van der Waals surface area (Å²) in [6.07, 6.45) is 1.07. The van der Waals surface area contributed by atoms with Crippen molar-refractivity contribution in [1.29, 1.82) is 0 Å². The van der Waals surface area contributed by atoms with Crippen molar-refractivity contribution in [3.63, 3.8) is 0 Å². The normalized spacial score (nSPS) is 10.7. The molecule has 0 spiro atoms. The first kappa shape index (κ1) is 13.7. The number of nitrogens with two attached hydrogens (primary N) is 1. The van der Waals surface area contributed by atoms with Gasteiger partial charge in [-0.1, -0.05) is 0 Å². The summed E-state index contributed by atoms with van der Waals surface area (Å²) in [5.41, 5.74) is 3.53. The maximum absolute atomic E-state index is 5.41. The zero-order chi connectivity index (χ0) is 12.8. The number of hydrazine groups is 1. The van der Waals surface area contributed by atoms with E-state index in [1.54, 1.807) is 0 Å². The minimum absolute atomic E-state index is 0.674. The van der Waals surface area contributed by atoms with Gasteiger partial charge >= 0.3 is 0 Å². The number of nitrogen functional groups attached to an aromatic ring is 1. The SMILES string of the molecule is Cc1nc(NN)c(C)c(NCCCN(C)C)n1. The van der Waals surface area contributed by atoms with Crippen LogP contribution >= 0.6 is 0 Å². The largest absolute Gasteiger partial charge is 0.370 e. The highest BCUT2D eigenvalue weighted by Gasteiger charge is 2.07. The fourth-order valence-electron chi connectivity index (χ4n) is 1.54. The molecular weight excluding hydrogens is 216 g/mol. The highest BCUT2D eigenvalue weighted by atomic mass is 15.3. The zero-order valence-corrected chi connectivity index (χ0v) is 11.0. The van der Waals surface area contributed by atoms with Gasteiger partial charge in [0.05, 0.1) is 0 Å². The summed E-state index contributed by atoms with van der Waals surface area (Å²) < 4.78 is 0. The molecule has 0 radical (unpaired) electrons. The predicted molar refractivity (Wildman–Crippen MR) is 71.0 cm³/mol. The molecule has 0 saturated heterocycles. The van der Waals surface area contributed by atoms with Crippen LogP contribution in [0.2, 0.25) is 0 Å². The summed E-state index contributed by atoms with van der Waals surface area (Å²) in [7, 11) is 4.13. The highest BCUT2D eigenvalue weighted by Crippen LogP contribution is 2.18. The summed E-state index contributed by atoms with van der Waals surface area (Å²) in [4.78, 5) is 10.7. The molecule has 0 amide bonds. The molecule has 1 heterocycles. The van der Waals surface area contributed by atoms with Gasteiger partial charge in [-0.3, -0.25) is 0 Å². The van der Waals surface area contributed by atoms with E-state index in [0.717, 1.165) is 30.9 Å². The number of anilines is 2. The van der Waals surface area contributed by atoms with Gasteiger partial charge in [0, 0.05) is 12.1 Å². The minimum atomic E-state index is 0.674. The lowest BCUT2D eigenvalue weighted by Crippen LogP contribution is -2.18. The van der Waals surface area contributed by atoms with E-state index in [1.807, 2.05) is 13.8 Å². The minimum Gasteiger partial charge on any atom is -0.370 e. The molecule has 6 nitrogen and oxygen atoms in total. The van der Waals surface area contributed by atoms with Crippen molar-refractivity contribution in [2.75, 3.05) is 37.9 Å². The van der Waals surface area contributed by atoms with Crippen molar-refractivity contribution in [2.45, 2.75) is 20.3 Å². The van der Waals surface area contributed by atoms with Crippen molar-refractivity contribution in [1.82, 2.24) is 14.9 Å². The second-order valence-electron chi connectivity index (χ2n) is 4.32. The second-order valence-corrected chi connectivity index (χ2v) is 4.32. The zero-order valence-electron chi connectivity index (χ0n) is 11.0. The molecule has 0 bridgehead atoms. The molecule has 96 valence electrons. The molecule has 4 N–H and O–H groups in total. The third-order valence-electron chi connectivity index (χ3n) is 2.47. The molecule has 0 fully saturated rings. The first-order valence-corrected chi connectivity index (χ1v) is 5.75. The van der Waals surface area contributed by atoms with Crippen molar-refractivity contribution < 1.29 is 0 Å². The molecular formula is C11H22N6. The standard InChI is InChI=1S/C11H22N6/c1-8-10(13-6-5-7-17(3)4)14-9(2)15-11(8)16-12/h5-7,12H2,1-4H3,(H2,13,14,15,16). The third-order valence-corrected chi connectivity index (χ3v) is 2.47. The van der Waals surface area contributed by atoms with Crippen LogP contribution in [-0.2, 0) is 0 Å². The van der Waals surface area contributed by atoms with E-state index in [4.69, 9.17) is 5.84 Å². The van der Waals surface area contributed by atoms with E-state index < -0.39 is 0 Å². The van der Waals surface area contributed by atoms with Crippen LogP contribution < -0.4 is 16.6 Å². The van der Waals surface area contributed by atoms with E-state index >= 15 is 0 Å². The van der Waals surface area contributed by atoms with Gasteiger partial charge in [-0.15, -0.1) is 0 Å². The number of nitrogens with one attached hydrogen (secondary N) is 2. The summed E-state index contributed by atoms with van der Waals surface area (Å²) in [6.45, 7) is 5.74. The van der Waals surface area contributed by atoms with Gasteiger partial charge in [-0.25, -0.2) is 15.8 Å². The smallest absolute Gasteiger partial charge is 0.148 e. The van der Waals surface area contributed by atoms with Crippen molar-refractivity contribution in [2.24, 2.45) is 5.84 Å². The van der Waals surface area contributed by atoms with E-state index in [9.17, 15) is 0 Å². The van der Waals surface area contributed by atoms with E-state index in [2.05, 4.69) is 39.7 Å². The molecule has 0 unspecified atom stereocenters. The summed E-state index contributed by atoms with van der Waals surface area (Å²) >= 11 is 0. The van der Waals surface area contributed by atoms with Gasteiger partial charge < -0.3 is 15.6 Å². The number of aryl methyl sites for hydroxylation is 1. The van der Waals surface area contributed by atoms with Gasteiger partial charge in [-0.05, 0) is 40.9 Å². The van der Waals surface area contributed by atoms with Crippen LogP contribution in [0.25, 0.3) is 0 Å². The second kappa shape index (κ2) is 6.36. The molecule has 0 aromatic carbocycles. The molecule has 0 aliphatic rings. The molecule has 0 atom stereocenters. The van der Waals surface area contributed by atoms with E-state index in [1.165, 1.54) is 0 Å². The Balaban J connectivity index is 2.61. The fourth-order valence-corrected chi connectivity index (χ4v) is 1.54. The Kier molecular flexibility index (Phi) is 5.11. The Labute approximate surface area is 103 Å². The van der Waals surface area contributed by atoms with Crippen molar-refractivity contribution >= 4 is 11.6 Å². The molecule has 17 heavy (non-hydrogen) atoms. The Bertz CT molecular complexity index is 363. The van der Waals surface area contributed by atoms with Crippen LogP contribution in [0.5, 0.6) is 0 Å². The van der Waals surface area contributed by atoms with Gasteiger partial charge in [0.25, 0.3) is 0 Å². The maximum atomic E-state index is 5.41. The van der Waals surface area contributed by atoms with Crippen LogP contribution in [0, 0.1) is 13.8 Å². The fraction of sp³-hybridized carbons (Fsp3) is 0.636. The van der Waals surface area contributed by atoms with Crippen LogP contribution in [0.3, 0.4) is 0 Å². The third kappa shape index (κ3) is 4.16. The monoisotopic (exact) mass is 238 g/mol. The first-order chi connectivity index (χ1) is 8.04. The molecule has 0 aliphatic carbocycles. The van der Waals surface area contributed by atoms with E-state index in [0.29, 0.717) is 11.6 Å². The Morgan fingerprint density at radius 3 is 2.41 bits per heavy atom. The van der Waals surface area contributed by atoms with Gasteiger partial charge in [0.2, 0.25) is 0 Å². The molecule has 0 saturated carbocycles. The lowest BCUT2D eigenvalue weighted by Gasteiger charge is -2.13. The molecule has 1 rings (SSSR count). The summed E-state index contributed by atoms with van der Waals surface area (Å²) in [5.74, 6) is 7.64. The van der Waals surface area contributed by atoms with Crippen LogP contribution in [0.1, 0.15) is 17.8 Å². The van der Waals surface area contributed by atoms with Gasteiger partial charge in [0.1, 0.15) is 17.5 Å². The van der Waals surface area contributed by atoms with E-state index in [-0.39, 0.29) is 0 Å². The molecule has 1 aromatic heterocycles. The summed E-state index contributed by atoms with van der Waals surface area (Å²) in [5, 5.41) is 3.31. The van der Waals surface area contributed by atoms with Crippen LogP contribution in [0.4, 0.5) is 11.6 Å². The first-order valence-electron chi connectivity index (χ1n) is 5.75. The average Bonchev–Trinajstić information content (AvgIpc) is 2.28. The van der Waals surface area contributed by atoms with Crippen molar-refractivity contribution in [3.8, 4) is 0 Å². The highest BCUT2D eigenvalue weighted by molar-refractivity contribution is 5.56. The Hall–Kier alpha value is -1.40. The number of aromatic nitrogens is 2. The molecule has 1 aromatic rings. The maximum Gasteiger partial charge on any atom is 0.148 e. The number of rotatable bonds is 6. The van der Waals surface area contributed by atoms with Crippen molar-refractivity contribution in [3.05, 3.63) is 11.4 Å². The topological polar surface area (TPSA) is 79.1 Å². The quantitative estimate of drug-likeness (QED) is 0.385. The molecule has 0 aliphatic heterocycles. The Morgan fingerprint density at radius 1 is 1.18 bits per heavy atom. The van der Waals surface area contributed by atoms with Gasteiger partial charge in [-0.2, -0.15) is 0 Å². The van der Waals surface area contributed by atoms with Gasteiger partial charge in [0.15, 0.2) is 0 Å². The summed E-state index contributed by atoms with van der Waals surface area (Å²) in [6, 6.07) is 0. The predicted octanol–water partition coefficient (Wildman–Crippen LogP) is 0.743.